The number of carbonyl (C=O) groups is 1. The standard InChI is InChI=1S/C19H31NOS/c1-7-8-9-14-19(5,6)22-16-12-10-15(11-13-16)20-17(21)18(2,3)4/h10-13H,7-9,14H2,1-6H3,(H,20,21). The van der Waals surface area contributed by atoms with Crippen LogP contribution in [0.5, 0.6) is 0 Å². The van der Waals surface area contributed by atoms with E-state index in [9.17, 15) is 4.79 Å². The topological polar surface area (TPSA) is 29.1 Å². The molecule has 22 heavy (non-hydrogen) atoms. The molecule has 0 unspecified atom stereocenters. The molecule has 124 valence electrons. The first-order valence-corrected chi connectivity index (χ1v) is 9.06. The zero-order valence-corrected chi connectivity index (χ0v) is 15.8. The van der Waals surface area contributed by atoms with Gasteiger partial charge in [-0.3, -0.25) is 4.79 Å². The molecule has 0 radical (unpaired) electrons. The minimum absolute atomic E-state index is 0.0489. The van der Waals surface area contributed by atoms with Gasteiger partial charge in [-0.1, -0.05) is 60.8 Å². The SMILES string of the molecule is CCCCCC(C)(C)Sc1ccc(NC(=O)C(C)(C)C)cc1. The highest BCUT2D eigenvalue weighted by molar-refractivity contribution is 8.00. The van der Waals surface area contributed by atoms with E-state index in [0.29, 0.717) is 0 Å². The highest BCUT2D eigenvalue weighted by Crippen LogP contribution is 2.36. The van der Waals surface area contributed by atoms with E-state index in [0.717, 1.165) is 5.69 Å². The van der Waals surface area contributed by atoms with Gasteiger partial charge < -0.3 is 5.32 Å². The second-order valence-corrected chi connectivity index (χ2v) is 9.33. The molecule has 1 aromatic carbocycles. The zero-order chi connectivity index (χ0) is 16.8. The lowest BCUT2D eigenvalue weighted by molar-refractivity contribution is -0.123. The molecule has 0 aromatic heterocycles. The fourth-order valence-electron chi connectivity index (χ4n) is 2.10. The number of carbonyl (C=O) groups excluding carboxylic acids is 1. The molecule has 0 aliphatic carbocycles. The van der Waals surface area contributed by atoms with Crippen LogP contribution in [0.1, 0.15) is 67.2 Å². The average molecular weight is 322 g/mol. The van der Waals surface area contributed by atoms with Gasteiger partial charge in [-0.05, 0) is 30.7 Å². The van der Waals surface area contributed by atoms with Crippen LogP contribution in [0.3, 0.4) is 0 Å². The van der Waals surface area contributed by atoms with E-state index in [2.05, 4.69) is 38.2 Å². The summed E-state index contributed by atoms with van der Waals surface area (Å²) < 4.78 is 0.255. The van der Waals surface area contributed by atoms with E-state index in [1.54, 1.807) is 0 Å². The van der Waals surface area contributed by atoms with E-state index in [4.69, 9.17) is 0 Å². The van der Waals surface area contributed by atoms with Crippen LogP contribution in [0, 0.1) is 5.41 Å². The van der Waals surface area contributed by atoms with Gasteiger partial charge in [0.2, 0.25) is 5.91 Å². The molecule has 1 amide bonds. The summed E-state index contributed by atoms with van der Waals surface area (Å²) in [5, 5.41) is 2.97. The first-order valence-electron chi connectivity index (χ1n) is 8.24. The van der Waals surface area contributed by atoms with Crippen LogP contribution in [-0.4, -0.2) is 10.7 Å². The van der Waals surface area contributed by atoms with E-state index < -0.39 is 0 Å². The molecule has 0 saturated heterocycles. The quantitative estimate of drug-likeness (QED) is 0.484. The summed E-state index contributed by atoms with van der Waals surface area (Å²) in [6.45, 7) is 12.6. The third kappa shape index (κ3) is 6.87. The minimum Gasteiger partial charge on any atom is -0.326 e. The van der Waals surface area contributed by atoms with Crippen molar-refractivity contribution in [2.24, 2.45) is 5.41 Å². The Kier molecular flexibility index (Phi) is 6.98. The summed E-state index contributed by atoms with van der Waals surface area (Å²) in [5.41, 5.74) is 0.502. The molecule has 0 fully saturated rings. The molecule has 0 saturated carbocycles. The maximum absolute atomic E-state index is 12.0. The van der Waals surface area contributed by atoms with Crippen molar-refractivity contribution >= 4 is 23.4 Å². The first kappa shape index (κ1) is 19.1. The van der Waals surface area contributed by atoms with Crippen LogP contribution in [0.4, 0.5) is 5.69 Å². The van der Waals surface area contributed by atoms with Crippen molar-refractivity contribution in [3.8, 4) is 0 Å². The largest absolute Gasteiger partial charge is 0.326 e. The number of hydrogen-bond donors (Lipinski definition) is 1. The van der Waals surface area contributed by atoms with Crippen molar-refractivity contribution in [1.82, 2.24) is 0 Å². The number of thioether (sulfide) groups is 1. The van der Waals surface area contributed by atoms with Crippen LogP contribution in [-0.2, 0) is 4.79 Å². The highest BCUT2D eigenvalue weighted by atomic mass is 32.2. The molecule has 1 aromatic rings. The fourth-order valence-corrected chi connectivity index (χ4v) is 3.25. The van der Waals surface area contributed by atoms with Crippen LogP contribution >= 0.6 is 11.8 Å². The van der Waals surface area contributed by atoms with Crippen molar-refractivity contribution in [1.29, 1.82) is 0 Å². The van der Waals surface area contributed by atoms with E-state index >= 15 is 0 Å². The third-order valence-electron chi connectivity index (χ3n) is 3.57. The smallest absolute Gasteiger partial charge is 0.229 e. The van der Waals surface area contributed by atoms with Gasteiger partial charge in [-0.15, -0.1) is 11.8 Å². The summed E-state index contributed by atoms with van der Waals surface area (Å²) >= 11 is 1.92. The first-order chi connectivity index (χ1) is 10.1. The zero-order valence-electron chi connectivity index (χ0n) is 15.0. The lowest BCUT2D eigenvalue weighted by Gasteiger charge is -2.24. The number of unbranched alkanes of at least 4 members (excludes halogenated alkanes) is 2. The Morgan fingerprint density at radius 2 is 1.64 bits per heavy atom. The van der Waals surface area contributed by atoms with Crippen molar-refractivity contribution in [3.05, 3.63) is 24.3 Å². The number of benzene rings is 1. The lowest BCUT2D eigenvalue weighted by Crippen LogP contribution is -2.27. The molecule has 2 nitrogen and oxygen atoms in total. The predicted molar refractivity (Wildman–Crippen MR) is 98.6 cm³/mol. The maximum atomic E-state index is 12.0. The molecular weight excluding hydrogens is 290 g/mol. The normalized spacial score (nSPS) is 12.3. The summed E-state index contributed by atoms with van der Waals surface area (Å²) in [7, 11) is 0. The Balaban J connectivity index is 2.59. The van der Waals surface area contributed by atoms with Gasteiger partial charge in [0.25, 0.3) is 0 Å². The Morgan fingerprint density at radius 3 is 2.14 bits per heavy atom. The molecule has 0 bridgehead atoms. The van der Waals surface area contributed by atoms with Crippen molar-refractivity contribution in [3.63, 3.8) is 0 Å². The monoisotopic (exact) mass is 321 g/mol. The van der Waals surface area contributed by atoms with Crippen LogP contribution in [0.2, 0.25) is 0 Å². The number of hydrogen-bond acceptors (Lipinski definition) is 2. The molecule has 3 heteroatoms. The van der Waals surface area contributed by atoms with Gasteiger partial charge in [0.15, 0.2) is 0 Å². The number of amides is 1. The summed E-state index contributed by atoms with van der Waals surface area (Å²) in [4.78, 5) is 13.2. The van der Waals surface area contributed by atoms with Crippen molar-refractivity contribution in [2.45, 2.75) is 76.9 Å². The number of anilines is 1. The molecular formula is C19H31NOS. The third-order valence-corrected chi connectivity index (χ3v) is 4.83. The number of nitrogens with one attached hydrogen (secondary N) is 1. The Labute approximate surface area is 140 Å². The molecule has 1 rings (SSSR count). The second kappa shape index (κ2) is 8.05. The summed E-state index contributed by atoms with van der Waals surface area (Å²) in [5.74, 6) is 0.0489. The van der Waals surface area contributed by atoms with E-state index in [1.807, 2.05) is 44.7 Å². The molecule has 0 atom stereocenters. The van der Waals surface area contributed by atoms with Gasteiger partial charge >= 0.3 is 0 Å². The summed E-state index contributed by atoms with van der Waals surface area (Å²) in [6, 6.07) is 8.19. The Hall–Kier alpha value is -0.960. The van der Waals surface area contributed by atoms with Crippen LogP contribution in [0.25, 0.3) is 0 Å². The average Bonchev–Trinajstić information content (AvgIpc) is 2.39. The maximum Gasteiger partial charge on any atom is 0.229 e. The van der Waals surface area contributed by atoms with E-state index in [-0.39, 0.29) is 16.1 Å². The molecule has 0 spiro atoms. The Bertz CT molecular complexity index is 471. The van der Waals surface area contributed by atoms with Crippen LogP contribution < -0.4 is 5.32 Å². The molecule has 0 aliphatic heterocycles. The number of rotatable bonds is 7. The molecule has 1 N–H and O–H groups in total. The Morgan fingerprint density at radius 1 is 1.05 bits per heavy atom. The van der Waals surface area contributed by atoms with Gasteiger partial charge in [0.05, 0.1) is 0 Å². The highest BCUT2D eigenvalue weighted by Gasteiger charge is 2.21. The van der Waals surface area contributed by atoms with E-state index in [1.165, 1.54) is 30.6 Å². The van der Waals surface area contributed by atoms with Gasteiger partial charge in [-0.25, -0.2) is 0 Å². The minimum atomic E-state index is -0.366. The predicted octanol–water partition coefficient (Wildman–Crippen LogP) is 6.12. The van der Waals surface area contributed by atoms with Gasteiger partial charge in [0, 0.05) is 20.7 Å². The van der Waals surface area contributed by atoms with Gasteiger partial charge in [0.1, 0.15) is 0 Å². The van der Waals surface area contributed by atoms with Crippen LogP contribution in [0.15, 0.2) is 29.2 Å². The lowest BCUT2D eigenvalue weighted by atomic mass is 9.95. The molecule has 0 aliphatic rings. The van der Waals surface area contributed by atoms with Gasteiger partial charge in [-0.2, -0.15) is 0 Å². The van der Waals surface area contributed by atoms with Crippen molar-refractivity contribution < 1.29 is 4.79 Å². The second-order valence-electron chi connectivity index (χ2n) is 7.55. The summed E-state index contributed by atoms with van der Waals surface area (Å²) in [6.07, 6.45) is 5.09. The fraction of sp³-hybridized carbons (Fsp3) is 0.632. The molecule has 0 heterocycles. The van der Waals surface area contributed by atoms with Crippen molar-refractivity contribution in [2.75, 3.05) is 5.32 Å².